The Labute approximate surface area is 179 Å². The lowest BCUT2D eigenvalue weighted by molar-refractivity contribution is -0.137. The Morgan fingerprint density at radius 1 is 1.06 bits per heavy atom. The lowest BCUT2D eigenvalue weighted by Crippen LogP contribution is -2.50. The molecule has 2 amide bonds. The summed E-state index contributed by atoms with van der Waals surface area (Å²) in [5.74, 6) is 0. The quantitative estimate of drug-likeness (QED) is 0.634. The van der Waals surface area contributed by atoms with E-state index in [9.17, 15) is 22.8 Å². The van der Waals surface area contributed by atoms with Gasteiger partial charge in [0.05, 0.1) is 10.9 Å². The van der Waals surface area contributed by atoms with Gasteiger partial charge < -0.3 is 15.1 Å². The third-order valence-corrected chi connectivity index (χ3v) is 6.18. The summed E-state index contributed by atoms with van der Waals surface area (Å²) in [4.78, 5) is 32.4. The van der Waals surface area contributed by atoms with Crippen LogP contribution in [0, 0.1) is 6.92 Å². The molecule has 31 heavy (non-hydrogen) atoms. The van der Waals surface area contributed by atoms with Gasteiger partial charge in [0.25, 0.3) is 5.56 Å². The minimum absolute atomic E-state index is 0.0420. The third-order valence-electron chi connectivity index (χ3n) is 5.08. The highest BCUT2D eigenvalue weighted by Crippen LogP contribution is 2.32. The van der Waals surface area contributed by atoms with E-state index in [1.165, 1.54) is 17.4 Å². The molecule has 6 nitrogen and oxygen atoms in total. The number of urea groups is 1. The number of aryl methyl sites for hydroxylation is 1. The van der Waals surface area contributed by atoms with Crippen molar-refractivity contribution in [3.8, 4) is 0 Å². The van der Waals surface area contributed by atoms with Crippen molar-refractivity contribution in [3.05, 3.63) is 63.9 Å². The minimum Gasteiger partial charge on any atom is -0.344 e. The molecular formula is C21H19F3N4O2S. The zero-order chi connectivity index (χ0) is 22.2. The summed E-state index contributed by atoms with van der Waals surface area (Å²) >= 11 is 1.17. The van der Waals surface area contributed by atoms with Crippen LogP contribution >= 0.6 is 11.3 Å². The Morgan fingerprint density at radius 2 is 1.74 bits per heavy atom. The third kappa shape index (κ3) is 4.63. The van der Waals surface area contributed by atoms with Crippen LogP contribution in [0.25, 0.3) is 10.1 Å². The van der Waals surface area contributed by atoms with Gasteiger partial charge in [-0.15, -0.1) is 0 Å². The molecule has 0 atom stereocenters. The topological polar surface area (TPSA) is 65.5 Å². The van der Waals surface area contributed by atoms with E-state index in [-0.39, 0.29) is 11.4 Å². The number of piperazine rings is 1. The average molecular weight is 448 g/mol. The smallest absolute Gasteiger partial charge is 0.344 e. The van der Waals surface area contributed by atoms with Crippen LogP contribution in [-0.2, 0) is 6.18 Å². The number of amides is 2. The normalized spacial score (nSPS) is 14.7. The van der Waals surface area contributed by atoms with Gasteiger partial charge in [-0.3, -0.25) is 4.79 Å². The van der Waals surface area contributed by atoms with E-state index in [0.717, 1.165) is 17.7 Å². The molecule has 4 rings (SSSR count). The van der Waals surface area contributed by atoms with Crippen LogP contribution in [-0.4, -0.2) is 42.1 Å². The predicted octanol–water partition coefficient (Wildman–Crippen LogP) is 4.34. The second-order valence-corrected chi connectivity index (χ2v) is 8.29. The first-order valence-corrected chi connectivity index (χ1v) is 10.4. The van der Waals surface area contributed by atoms with Crippen LogP contribution in [0.5, 0.6) is 0 Å². The molecule has 1 saturated heterocycles. The standard InChI is InChI=1S/C21H19F3N4O2S/c1-13-2-5-15(6-3-13)25-19(30)27-8-10-28(11-9-27)20-26-18(29)16-12-14(21(22,23)24)4-7-17(16)31-20/h2-7,12H,8-11H2,1H3,(H,25,30). The zero-order valence-corrected chi connectivity index (χ0v) is 17.4. The molecule has 2 aromatic carbocycles. The average Bonchev–Trinajstić information content (AvgIpc) is 2.74. The highest BCUT2D eigenvalue weighted by atomic mass is 32.1. The van der Waals surface area contributed by atoms with Crippen molar-refractivity contribution in [2.75, 3.05) is 36.4 Å². The number of carbonyl (C=O) groups excluding carboxylic acids is 1. The summed E-state index contributed by atoms with van der Waals surface area (Å²) in [6.45, 7) is 3.78. The van der Waals surface area contributed by atoms with E-state index in [1.54, 1.807) is 4.90 Å². The Morgan fingerprint density at radius 3 is 2.39 bits per heavy atom. The van der Waals surface area contributed by atoms with Crippen LogP contribution in [0.3, 0.4) is 0 Å². The molecule has 0 bridgehead atoms. The number of aromatic nitrogens is 1. The Kier molecular flexibility index (Phi) is 5.57. The number of hydrogen-bond donors (Lipinski definition) is 1. The van der Waals surface area contributed by atoms with Gasteiger partial charge in [0.1, 0.15) is 0 Å². The van der Waals surface area contributed by atoms with E-state index in [4.69, 9.17) is 0 Å². The molecule has 1 aliphatic rings. The fraction of sp³-hybridized carbons (Fsp3) is 0.286. The van der Waals surface area contributed by atoms with Gasteiger partial charge in [0, 0.05) is 36.6 Å². The van der Waals surface area contributed by atoms with Crippen molar-refractivity contribution >= 4 is 38.3 Å². The molecule has 1 N–H and O–H groups in total. The number of rotatable bonds is 2. The molecule has 0 aliphatic carbocycles. The largest absolute Gasteiger partial charge is 0.416 e. The molecular weight excluding hydrogens is 429 g/mol. The first kappa shape index (κ1) is 21.1. The first-order chi connectivity index (χ1) is 14.7. The maximum absolute atomic E-state index is 12.9. The number of hydrogen-bond acceptors (Lipinski definition) is 5. The Hall–Kier alpha value is -3.14. The zero-order valence-electron chi connectivity index (χ0n) is 16.6. The second kappa shape index (κ2) is 8.18. The molecule has 0 saturated carbocycles. The molecule has 0 radical (unpaired) electrons. The van der Waals surface area contributed by atoms with E-state index >= 15 is 0 Å². The lowest BCUT2D eigenvalue weighted by Gasteiger charge is -2.34. The summed E-state index contributed by atoms with van der Waals surface area (Å²) in [7, 11) is 0. The number of nitrogens with zero attached hydrogens (tertiary/aromatic N) is 3. The van der Waals surface area contributed by atoms with Gasteiger partial charge in [0.2, 0.25) is 0 Å². The van der Waals surface area contributed by atoms with Crippen LogP contribution in [0.15, 0.2) is 47.3 Å². The second-order valence-electron chi connectivity index (χ2n) is 7.28. The van der Waals surface area contributed by atoms with Gasteiger partial charge in [-0.2, -0.15) is 18.2 Å². The maximum atomic E-state index is 12.9. The van der Waals surface area contributed by atoms with Crippen molar-refractivity contribution in [3.63, 3.8) is 0 Å². The van der Waals surface area contributed by atoms with E-state index in [0.29, 0.717) is 41.7 Å². The monoisotopic (exact) mass is 448 g/mol. The van der Waals surface area contributed by atoms with E-state index in [2.05, 4.69) is 10.3 Å². The molecule has 2 heterocycles. The SMILES string of the molecule is Cc1ccc(NC(=O)N2CCN(c3nc(=O)c4cc(C(F)(F)F)ccc4s3)CC2)cc1. The summed E-state index contributed by atoms with van der Waals surface area (Å²) in [6, 6.07) is 10.4. The maximum Gasteiger partial charge on any atom is 0.416 e. The van der Waals surface area contributed by atoms with Gasteiger partial charge in [-0.1, -0.05) is 29.0 Å². The Bertz CT molecular complexity index is 1170. The molecule has 0 unspecified atom stereocenters. The summed E-state index contributed by atoms with van der Waals surface area (Å²) in [6.07, 6.45) is -4.51. The molecule has 162 valence electrons. The molecule has 0 spiro atoms. The van der Waals surface area contributed by atoms with Gasteiger partial charge in [-0.05, 0) is 37.3 Å². The number of benzene rings is 2. The van der Waals surface area contributed by atoms with Crippen LogP contribution in [0.1, 0.15) is 11.1 Å². The summed E-state index contributed by atoms with van der Waals surface area (Å²) < 4.78 is 39.2. The van der Waals surface area contributed by atoms with Crippen LogP contribution in [0.2, 0.25) is 0 Å². The fourth-order valence-electron chi connectivity index (χ4n) is 3.31. The van der Waals surface area contributed by atoms with Crippen molar-refractivity contribution in [1.29, 1.82) is 0 Å². The molecule has 3 aromatic rings. The van der Waals surface area contributed by atoms with Crippen molar-refractivity contribution in [2.45, 2.75) is 13.1 Å². The number of nitrogens with one attached hydrogen (secondary N) is 1. The molecule has 1 aromatic heterocycles. The summed E-state index contributed by atoms with van der Waals surface area (Å²) in [5.41, 5.74) is 0.259. The highest BCUT2D eigenvalue weighted by Gasteiger charge is 2.31. The minimum atomic E-state index is -4.51. The van der Waals surface area contributed by atoms with E-state index < -0.39 is 17.3 Å². The number of carbonyl (C=O) groups is 1. The van der Waals surface area contributed by atoms with Gasteiger partial charge in [0.15, 0.2) is 5.13 Å². The lowest BCUT2D eigenvalue weighted by atomic mass is 10.2. The predicted molar refractivity (Wildman–Crippen MR) is 115 cm³/mol. The van der Waals surface area contributed by atoms with Crippen LogP contribution in [0.4, 0.5) is 28.8 Å². The number of anilines is 2. The molecule has 1 fully saturated rings. The van der Waals surface area contributed by atoms with Crippen molar-refractivity contribution < 1.29 is 18.0 Å². The van der Waals surface area contributed by atoms with Crippen molar-refractivity contribution in [1.82, 2.24) is 9.88 Å². The number of fused-ring (bicyclic) bond motifs is 1. The fourth-order valence-corrected chi connectivity index (χ4v) is 4.34. The first-order valence-electron chi connectivity index (χ1n) is 9.60. The van der Waals surface area contributed by atoms with Gasteiger partial charge in [-0.25, -0.2) is 4.79 Å². The number of alkyl halides is 3. The highest BCUT2D eigenvalue weighted by molar-refractivity contribution is 7.21. The summed E-state index contributed by atoms with van der Waals surface area (Å²) in [5, 5.41) is 3.26. The van der Waals surface area contributed by atoms with E-state index in [1.807, 2.05) is 36.1 Å². The Balaban J connectivity index is 1.45. The molecule has 1 aliphatic heterocycles. The number of halogens is 3. The molecule has 10 heteroatoms. The van der Waals surface area contributed by atoms with Crippen LogP contribution < -0.4 is 15.8 Å². The van der Waals surface area contributed by atoms with Crippen molar-refractivity contribution in [2.24, 2.45) is 0 Å². The van der Waals surface area contributed by atoms with Gasteiger partial charge >= 0.3 is 12.2 Å².